The highest BCUT2D eigenvalue weighted by molar-refractivity contribution is 6.30. The van der Waals surface area contributed by atoms with E-state index in [-0.39, 0.29) is 11.9 Å². The molecule has 21 heavy (non-hydrogen) atoms. The van der Waals surface area contributed by atoms with Crippen LogP contribution in [-0.2, 0) is 4.79 Å². The minimum absolute atomic E-state index is 0.0771. The maximum absolute atomic E-state index is 11.4. The predicted octanol–water partition coefficient (Wildman–Crippen LogP) is 3.21. The molecule has 0 bridgehead atoms. The van der Waals surface area contributed by atoms with Crippen LogP contribution in [0.25, 0.3) is 5.69 Å². The molecule has 0 saturated carbocycles. The lowest BCUT2D eigenvalue weighted by molar-refractivity contribution is -0.119. The summed E-state index contributed by atoms with van der Waals surface area (Å²) in [5.41, 5.74) is 0.838. The lowest BCUT2D eigenvalue weighted by atomic mass is 10.1. The number of aryl methyl sites for hydroxylation is 1. The zero-order chi connectivity index (χ0) is 15.4. The van der Waals surface area contributed by atoms with E-state index < -0.39 is 0 Å². The first kappa shape index (κ1) is 15.5. The van der Waals surface area contributed by atoms with Crippen LogP contribution in [0.3, 0.4) is 0 Å². The quantitative estimate of drug-likeness (QED) is 0.922. The fourth-order valence-corrected chi connectivity index (χ4v) is 2.44. The molecule has 0 fully saturated rings. The Hall–Kier alpha value is -1.88. The van der Waals surface area contributed by atoms with Crippen LogP contribution in [0.2, 0.25) is 5.02 Å². The molecule has 0 radical (unpaired) electrons. The number of aromatic nitrogens is 3. The molecule has 2 rings (SSSR count). The molecule has 0 saturated heterocycles. The molecule has 0 aliphatic rings. The van der Waals surface area contributed by atoms with Gasteiger partial charge in [-0.2, -0.15) is 5.10 Å². The van der Waals surface area contributed by atoms with Gasteiger partial charge >= 0.3 is 0 Å². The number of halogens is 1. The van der Waals surface area contributed by atoms with Crippen LogP contribution in [0.4, 0.5) is 0 Å². The average molecular weight is 307 g/mol. The largest absolute Gasteiger partial charge is 0.346 e. The Bertz CT molecular complexity index is 638. The summed E-state index contributed by atoms with van der Waals surface area (Å²) in [5.74, 6) is 1.31. The van der Waals surface area contributed by atoms with E-state index in [0.29, 0.717) is 10.8 Å². The van der Waals surface area contributed by atoms with Gasteiger partial charge in [-0.3, -0.25) is 4.79 Å². The van der Waals surface area contributed by atoms with E-state index in [1.54, 1.807) is 4.68 Å². The molecule has 1 aromatic carbocycles. The molecule has 112 valence electrons. The van der Waals surface area contributed by atoms with Gasteiger partial charge in [0.25, 0.3) is 0 Å². The number of carbonyl (C=O) groups is 1. The molecule has 1 atom stereocenters. The van der Waals surface area contributed by atoms with Gasteiger partial charge in [-0.15, -0.1) is 0 Å². The molecule has 0 aliphatic carbocycles. The van der Waals surface area contributed by atoms with Gasteiger partial charge in [0, 0.05) is 11.9 Å². The summed E-state index contributed by atoms with van der Waals surface area (Å²) in [6, 6.07) is 7.26. The summed E-state index contributed by atoms with van der Waals surface area (Å²) in [6.07, 6.45) is 1.74. The summed E-state index contributed by atoms with van der Waals surface area (Å²) < 4.78 is 1.75. The van der Waals surface area contributed by atoms with Crippen molar-refractivity contribution in [1.29, 1.82) is 0 Å². The van der Waals surface area contributed by atoms with Crippen LogP contribution in [-0.4, -0.2) is 20.7 Å². The van der Waals surface area contributed by atoms with Gasteiger partial charge in [0.2, 0.25) is 5.91 Å². The Morgan fingerprint density at radius 2 is 2.24 bits per heavy atom. The van der Waals surface area contributed by atoms with E-state index in [9.17, 15) is 4.79 Å². The third-order valence-electron chi connectivity index (χ3n) is 3.06. The van der Waals surface area contributed by atoms with E-state index >= 15 is 0 Å². The molecule has 0 unspecified atom stereocenters. The van der Waals surface area contributed by atoms with E-state index in [1.807, 2.05) is 31.2 Å². The zero-order valence-corrected chi connectivity index (χ0v) is 13.2. The summed E-state index contributed by atoms with van der Waals surface area (Å²) in [6.45, 7) is 5.42. The summed E-state index contributed by atoms with van der Waals surface area (Å²) >= 11 is 6.05. The van der Waals surface area contributed by atoms with Crippen LogP contribution >= 0.6 is 11.6 Å². The second-order valence-corrected chi connectivity index (χ2v) is 5.39. The third-order valence-corrected chi connectivity index (χ3v) is 3.29. The van der Waals surface area contributed by atoms with E-state index in [2.05, 4.69) is 22.3 Å². The van der Waals surface area contributed by atoms with Crippen molar-refractivity contribution in [2.24, 2.45) is 0 Å². The summed E-state index contributed by atoms with van der Waals surface area (Å²) in [4.78, 5) is 15.9. The topological polar surface area (TPSA) is 59.8 Å². The molecule has 1 amide bonds. The van der Waals surface area contributed by atoms with Crippen LogP contribution < -0.4 is 5.32 Å². The van der Waals surface area contributed by atoms with Crippen LogP contribution in [0.15, 0.2) is 24.3 Å². The van der Waals surface area contributed by atoms with Crippen LogP contribution in [0, 0.1) is 6.92 Å². The van der Waals surface area contributed by atoms with Crippen molar-refractivity contribution in [3.8, 4) is 5.69 Å². The van der Waals surface area contributed by atoms with Crippen molar-refractivity contribution in [2.45, 2.75) is 39.7 Å². The normalized spacial score (nSPS) is 12.2. The molecule has 1 aromatic heterocycles. The molecular weight excluding hydrogens is 288 g/mol. The third kappa shape index (κ3) is 3.82. The van der Waals surface area contributed by atoms with Gasteiger partial charge in [0.05, 0.1) is 11.7 Å². The number of nitrogens with zero attached hydrogens (tertiary/aromatic N) is 3. The Morgan fingerprint density at radius 3 is 2.86 bits per heavy atom. The van der Waals surface area contributed by atoms with Gasteiger partial charge in [-0.25, -0.2) is 9.67 Å². The fraction of sp³-hybridized carbons (Fsp3) is 0.400. The van der Waals surface area contributed by atoms with Gasteiger partial charge in [0.1, 0.15) is 5.82 Å². The minimum atomic E-state index is -0.160. The molecule has 0 aliphatic heterocycles. The smallest absolute Gasteiger partial charge is 0.217 e. The highest BCUT2D eigenvalue weighted by Crippen LogP contribution is 2.22. The van der Waals surface area contributed by atoms with Crippen molar-refractivity contribution in [3.63, 3.8) is 0 Å². The molecule has 5 nitrogen and oxygen atoms in total. The van der Waals surface area contributed by atoms with E-state index in [0.717, 1.165) is 24.4 Å². The first-order valence-electron chi connectivity index (χ1n) is 6.98. The Balaban J connectivity index is 2.45. The SMILES string of the molecule is CCC[C@H](NC(C)=O)c1nc(C)nn1-c1cccc(Cl)c1. The number of nitrogens with one attached hydrogen (secondary N) is 1. The van der Waals surface area contributed by atoms with Gasteiger partial charge in [0.15, 0.2) is 5.82 Å². The maximum atomic E-state index is 11.4. The average Bonchev–Trinajstić information content (AvgIpc) is 2.80. The van der Waals surface area contributed by atoms with Gasteiger partial charge < -0.3 is 5.32 Å². The second-order valence-electron chi connectivity index (χ2n) is 4.95. The number of hydrogen-bond donors (Lipinski definition) is 1. The number of amides is 1. The molecule has 6 heteroatoms. The van der Waals surface area contributed by atoms with Crippen LogP contribution in [0.5, 0.6) is 0 Å². The second kappa shape index (κ2) is 6.72. The number of benzene rings is 1. The lowest BCUT2D eigenvalue weighted by Crippen LogP contribution is -2.28. The predicted molar refractivity (Wildman–Crippen MR) is 82.6 cm³/mol. The van der Waals surface area contributed by atoms with E-state index in [4.69, 9.17) is 11.6 Å². The van der Waals surface area contributed by atoms with Crippen molar-refractivity contribution in [2.75, 3.05) is 0 Å². The Kier molecular flexibility index (Phi) is 4.96. The van der Waals surface area contributed by atoms with Crippen molar-refractivity contribution in [3.05, 3.63) is 40.9 Å². The van der Waals surface area contributed by atoms with Crippen LogP contribution in [0.1, 0.15) is 44.4 Å². The summed E-state index contributed by atoms with van der Waals surface area (Å²) in [7, 11) is 0. The number of hydrogen-bond acceptors (Lipinski definition) is 3. The first-order valence-corrected chi connectivity index (χ1v) is 7.35. The zero-order valence-electron chi connectivity index (χ0n) is 12.4. The number of carbonyl (C=O) groups excluding carboxylic acids is 1. The summed E-state index contributed by atoms with van der Waals surface area (Å²) in [5, 5.41) is 8.01. The minimum Gasteiger partial charge on any atom is -0.346 e. The van der Waals surface area contributed by atoms with Gasteiger partial charge in [-0.05, 0) is 31.5 Å². The Morgan fingerprint density at radius 1 is 1.48 bits per heavy atom. The number of rotatable bonds is 5. The van der Waals surface area contributed by atoms with E-state index in [1.165, 1.54) is 6.92 Å². The highest BCUT2D eigenvalue weighted by Gasteiger charge is 2.20. The monoisotopic (exact) mass is 306 g/mol. The lowest BCUT2D eigenvalue weighted by Gasteiger charge is -2.17. The molecule has 2 aromatic rings. The molecular formula is C15H19ClN4O. The standard InChI is InChI=1S/C15H19ClN4O/c1-4-6-14(18-11(3)21)15-17-10(2)19-20(15)13-8-5-7-12(16)9-13/h5,7-9,14H,4,6H2,1-3H3,(H,18,21)/t14-/m0/s1. The Labute approximate surface area is 129 Å². The van der Waals surface area contributed by atoms with Crippen molar-refractivity contribution in [1.82, 2.24) is 20.1 Å². The maximum Gasteiger partial charge on any atom is 0.217 e. The van der Waals surface area contributed by atoms with Crippen molar-refractivity contribution < 1.29 is 4.79 Å². The molecule has 1 N–H and O–H groups in total. The fourth-order valence-electron chi connectivity index (χ4n) is 2.25. The first-order chi connectivity index (χ1) is 10.0. The molecule has 1 heterocycles. The highest BCUT2D eigenvalue weighted by atomic mass is 35.5. The van der Waals surface area contributed by atoms with Gasteiger partial charge in [-0.1, -0.05) is 31.0 Å². The van der Waals surface area contributed by atoms with Crippen molar-refractivity contribution >= 4 is 17.5 Å². The molecule has 0 spiro atoms.